The molecule has 0 heterocycles. The fourth-order valence-corrected chi connectivity index (χ4v) is 2.71. The van der Waals surface area contributed by atoms with E-state index in [9.17, 15) is 21.2 Å². The minimum atomic E-state index is -4.20. The summed E-state index contributed by atoms with van der Waals surface area (Å²) in [6, 6.07) is 2.79. The van der Waals surface area contributed by atoms with Gasteiger partial charge in [0.1, 0.15) is 10.7 Å². The van der Waals surface area contributed by atoms with Gasteiger partial charge in [-0.2, -0.15) is 0 Å². The van der Waals surface area contributed by atoms with Crippen molar-refractivity contribution in [3.05, 3.63) is 24.0 Å². The van der Waals surface area contributed by atoms with E-state index in [4.69, 9.17) is 10.7 Å². The largest absolute Gasteiger partial charge is 0.283 e. The second-order valence-corrected chi connectivity index (χ2v) is 9.77. The van der Waals surface area contributed by atoms with Crippen LogP contribution in [0.5, 0.6) is 0 Å². The molecule has 0 aromatic heterocycles. The normalized spacial score (nSPS) is 13.3. The smallest absolute Gasteiger partial charge is 0.264 e. The van der Waals surface area contributed by atoms with E-state index >= 15 is 0 Å². The Morgan fingerprint density at radius 2 is 1.68 bits per heavy atom. The molecule has 0 spiro atoms. The fourth-order valence-electron chi connectivity index (χ4n) is 1.07. The predicted molar refractivity (Wildman–Crippen MR) is 71.7 cm³/mol. The molecule has 9 heteroatoms. The number of anilines is 1. The van der Waals surface area contributed by atoms with Gasteiger partial charge < -0.3 is 0 Å². The van der Waals surface area contributed by atoms with E-state index in [1.54, 1.807) is 0 Å². The minimum Gasteiger partial charge on any atom is -0.283 e. The highest BCUT2D eigenvalue weighted by Gasteiger charge is 2.29. The summed E-state index contributed by atoms with van der Waals surface area (Å²) >= 11 is 0. The Morgan fingerprint density at radius 3 is 2.05 bits per heavy atom. The molecule has 1 aromatic carbocycles. The first-order chi connectivity index (χ1) is 8.34. The Labute approximate surface area is 116 Å². The molecule has 0 radical (unpaired) electrons. The summed E-state index contributed by atoms with van der Waals surface area (Å²) in [4.78, 5) is -0.701. The maximum Gasteiger partial charge on any atom is 0.264 e. The summed E-state index contributed by atoms with van der Waals surface area (Å²) in [6.07, 6.45) is 0. The van der Waals surface area contributed by atoms with Crippen molar-refractivity contribution in [1.82, 2.24) is 0 Å². The third-order valence-electron chi connectivity index (χ3n) is 2.25. The van der Waals surface area contributed by atoms with Crippen molar-refractivity contribution in [2.24, 2.45) is 0 Å². The van der Waals surface area contributed by atoms with Crippen LogP contribution in [0.3, 0.4) is 0 Å². The van der Waals surface area contributed by atoms with E-state index in [0.717, 1.165) is 18.2 Å². The molecule has 108 valence electrons. The van der Waals surface area contributed by atoms with Gasteiger partial charge in [0.15, 0.2) is 0 Å². The average molecular weight is 330 g/mol. The maximum absolute atomic E-state index is 13.5. The SMILES string of the molecule is CC(C)(C)S(=O)(=O)Nc1ccc(S(=O)(=O)Cl)c(F)c1. The van der Waals surface area contributed by atoms with E-state index in [2.05, 4.69) is 4.72 Å². The monoisotopic (exact) mass is 329 g/mol. The number of halogens is 2. The van der Waals surface area contributed by atoms with Gasteiger partial charge in [0.05, 0.1) is 10.4 Å². The Bertz CT molecular complexity index is 693. The van der Waals surface area contributed by atoms with Crippen molar-refractivity contribution >= 4 is 35.4 Å². The van der Waals surface area contributed by atoms with Crippen molar-refractivity contribution in [1.29, 1.82) is 0 Å². The standard InChI is InChI=1S/C10H13ClFNO4S2/c1-10(2,3)19(16,17)13-7-4-5-9(8(12)6-7)18(11,14)15/h4-6,13H,1-3H3. The molecule has 0 saturated carbocycles. The molecule has 0 aliphatic carbocycles. The summed E-state index contributed by atoms with van der Waals surface area (Å²) in [7, 11) is -2.90. The lowest BCUT2D eigenvalue weighted by Crippen LogP contribution is -2.33. The minimum absolute atomic E-state index is 0.0727. The van der Waals surface area contributed by atoms with E-state index in [-0.39, 0.29) is 5.69 Å². The van der Waals surface area contributed by atoms with Crippen LogP contribution >= 0.6 is 10.7 Å². The summed E-state index contributed by atoms with van der Waals surface area (Å²) in [5.74, 6) is -1.12. The molecule has 5 nitrogen and oxygen atoms in total. The van der Waals surface area contributed by atoms with Crippen LogP contribution in [0.15, 0.2) is 23.1 Å². The van der Waals surface area contributed by atoms with Crippen LogP contribution in [0.1, 0.15) is 20.8 Å². The highest BCUT2D eigenvalue weighted by Crippen LogP contribution is 2.24. The molecule has 0 atom stereocenters. The van der Waals surface area contributed by atoms with Crippen LogP contribution in [-0.2, 0) is 19.1 Å². The molecule has 1 aromatic rings. The first-order valence-electron chi connectivity index (χ1n) is 5.11. The van der Waals surface area contributed by atoms with Gasteiger partial charge in [0.2, 0.25) is 10.0 Å². The zero-order valence-corrected chi connectivity index (χ0v) is 12.8. The molecule has 0 unspecified atom stereocenters. The van der Waals surface area contributed by atoms with Crippen molar-refractivity contribution in [2.75, 3.05) is 4.72 Å². The third-order valence-corrected chi connectivity index (χ3v) is 5.72. The number of hydrogen-bond donors (Lipinski definition) is 1. The maximum atomic E-state index is 13.5. The summed E-state index contributed by atoms with van der Waals surface area (Å²) in [6.45, 7) is 4.43. The Kier molecular flexibility index (Phi) is 4.19. The number of nitrogens with one attached hydrogen (secondary N) is 1. The molecule has 0 bridgehead atoms. The lowest BCUT2D eigenvalue weighted by molar-refractivity contribution is 0.565. The van der Waals surface area contributed by atoms with Gasteiger partial charge >= 0.3 is 0 Å². The summed E-state index contributed by atoms with van der Waals surface area (Å²) in [5, 5.41) is 0. The van der Waals surface area contributed by atoms with E-state index < -0.39 is 34.5 Å². The topological polar surface area (TPSA) is 80.3 Å². The van der Waals surface area contributed by atoms with Crippen molar-refractivity contribution in [2.45, 2.75) is 30.4 Å². The van der Waals surface area contributed by atoms with Gasteiger partial charge in [0, 0.05) is 10.7 Å². The fraction of sp³-hybridized carbons (Fsp3) is 0.400. The highest BCUT2D eigenvalue weighted by molar-refractivity contribution is 8.13. The first kappa shape index (κ1) is 16.2. The molecule has 0 amide bonds. The third kappa shape index (κ3) is 3.80. The molecule has 0 aliphatic heterocycles. The number of rotatable bonds is 3. The molecule has 1 rings (SSSR count). The van der Waals surface area contributed by atoms with Crippen molar-refractivity contribution in [3.8, 4) is 0 Å². The molecule has 0 fully saturated rings. The zero-order valence-electron chi connectivity index (χ0n) is 10.4. The number of benzene rings is 1. The van der Waals surface area contributed by atoms with E-state index in [1.165, 1.54) is 20.8 Å². The molecule has 19 heavy (non-hydrogen) atoms. The van der Waals surface area contributed by atoms with Crippen LogP contribution in [0, 0.1) is 5.82 Å². The van der Waals surface area contributed by atoms with E-state index in [1.807, 2.05) is 0 Å². The van der Waals surface area contributed by atoms with Gasteiger partial charge in [-0.25, -0.2) is 21.2 Å². The zero-order chi connectivity index (χ0) is 15.1. The Balaban J connectivity index is 3.19. The molecule has 0 saturated heterocycles. The molecular weight excluding hydrogens is 317 g/mol. The summed E-state index contributed by atoms with van der Waals surface area (Å²) < 4.78 is 60.3. The van der Waals surface area contributed by atoms with Crippen LogP contribution in [0.2, 0.25) is 0 Å². The molecule has 1 N–H and O–H groups in total. The first-order valence-corrected chi connectivity index (χ1v) is 8.90. The van der Waals surface area contributed by atoms with Crippen LogP contribution in [0.4, 0.5) is 10.1 Å². The number of hydrogen-bond acceptors (Lipinski definition) is 4. The van der Waals surface area contributed by atoms with Crippen LogP contribution in [-0.4, -0.2) is 21.6 Å². The van der Waals surface area contributed by atoms with Crippen LogP contribution < -0.4 is 4.72 Å². The van der Waals surface area contributed by atoms with Gasteiger partial charge in [-0.05, 0) is 39.0 Å². The quantitative estimate of drug-likeness (QED) is 0.863. The highest BCUT2D eigenvalue weighted by atomic mass is 35.7. The Hall–Kier alpha value is -0.860. The number of sulfonamides is 1. The Morgan fingerprint density at radius 1 is 1.16 bits per heavy atom. The second kappa shape index (κ2) is 4.92. The summed E-state index contributed by atoms with van der Waals surface area (Å²) in [5.41, 5.74) is -0.0727. The van der Waals surface area contributed by atoms with Crippen molar-refractivity contribution in [3.63, 3.8) is 0 Å². The van der Waals surface area contributed by atoms with Gasteiger partial charge in [-0.1, -0.05) is 0 Å². The van der Waals surface area contributed by atoms with Crippen molar-refractivity contribution < 1.29 is 21.2 Å². The lowest BCUT2D eigenvalue weighted by atomic mass is 10.3. The van der Waals surface area contributed by atoms with Gasteiger partial charge in [-0.15, -0.1) is 0 Å². The second-order valence-electron chi connectivity index (χ2n) is 4.80. The van der Waals surface area contributed by atoms with E-state index in [0.29, 0.717) is 0 Å². The molecule has 0 aliphatic rings. The average Bonchev–Trinajstić information content (AvgIpc) is 2.12. The van der Waals surface area contributed by atoms with Gasteiger partial charge in [-0.3, -0.25) is 4.72 Å². The predicted octanol–water partition coefficient (Wildman–Crippen LogP) is 2.29. The molecular formula is C10H13ClFNO4S2. The van der Waals surface area contributed by atoms with Gasteiger partial charge in [0.25, 0.3) is 9.05 Å². The van der Waals surface area contributed by atoms with Crippen LogP contribution in [0.25, 0.3) is 0 Å². The lowest BCUT2D eigenvalue weighted by Gasteiger charge is -2.20.